The number of nitrogens with two attached hydrogens (primary N) is 1. The predicted molar refractivity (Wildman–Crippen MR) is 115 cm³/mol. The number of azo groups is 1. The molecule has 0 aliphatic rings. The third-order valence-electron chi connectivity index (χ3n) is 4.59. The number of anilines is 1. The lowest BCUT2D eigenvalue weighted by atomic mass is 10.1. The zero-order valence-electron chi connectivity index (χ0n) is 16.0. The Morgan fingerprint density at radius 1 is 1.07 bits per heavy atom. The van der Waals surface area contributed by atoms with E-state index in [0.717, 1.165) is 0 Å². The highest BCUT2D eigenvalue weighted by Crippen LogP contribution is 2.33. The highest BCUT2D eigenvalue weighted by molar-refractivity contribution is 6.01. The number of ether oxygens (including phenoxy) is 1. The van der Waals surface area contributed by atoms with Gasteiger partial charge in [0.05, 0.1) is 33.9 Å². The second-order valence-electron chi connectivity index (χ2n) is 6.49. The highest BCUT2D eigenvalue weighted by Gasteiger charge is 2.12. The van der Waals surface area contributed by atoms with Gasteiger partial charge < -0.3 is 15.5 Å². The minimum atomic E-state index is -0.490. The first kappa shape index (κ1) is 19.1. The van der Waals surface area contributed by atoms with E-state index in [1.54, 1.807) is 30.3 Å². The average Bonchev–Trinajstić information content (AvgIpc) is 2.74. The molecule has 3 N–H and O–H groups in total. The summed E-state index contributed by atoms with van der Waals surface area (Å²) in [7, 11) is 0. The summed E-state index contributed by atoms with van der Waals surface area (Å²) < 4.78 is 5.49. The van der Waals surface area contributed by atoms with Crippen molar-refractivity contribution in [1.29, 1.82) is 0 Å². The first-order valence-electron chi connectivity index (χ1n) is 9.15. The Kier molecular flexibility index (Phi) is 4.85. The zero-order valence-corrected chi connectivity index (χ0v) is 16.0. The Hall–Kier alpha value is -4.27. The molecule has 0 aliphatic heterocycles. The van der Waals surface area contributed by atoms with E-state index in [-0.39, 0.29) is 11.1 Å². The molecule has 0 atom stereocenters. The maximum atomic E-state index is 13.0. The minimum Gasteiger partial charge on any atom is -0.494 e. The summed E-state index contributed by atoms with van der Waals surface area (Å²) in [6.07, 6.45) is 0. The Morgan fingerprint density at radius 3 is 2.53 bits per heavy atom. The van der Waals surface area contributed by atoms with Crippen LogP contribution in [0.15, 0.2) is 69.6 Å². The lowest BCUT2D eigenvalue weighted by Gasteiger charge is -2.09. The summed E-state index contributed by atoms with van der Waals surface area (Å²) >= 11 is 0. The lowest BCUT2D eigenvalue weighted by Crippen LogP contribution is -2.05. The van der Waals surface area contributed by atoms with Crippen LogP contribution in [0.4, 0.5) is 22.7 Å². The van der Waals surface area contributed by atoms with E-state index in [2.05, 4.69) is 15.2 Å². The van der Waals surface area contributed by atoms with Gasteiger partial charge in [-0.3, -0.25) is 14.9 Å². The fraction of sp³-hybridized carbons (Fsp3) is 0.0952. The Labute approximate surface area is 170 Å². The predicted octanol–water partition coefficient (Wildman–Crippen LogP) is 4.99. The number of pyridine rings is 1. The quantitative estimate of drug-likeness (QED) is 0.159. The standard InChI is InChI=1S/C21H17N5O4/c1-2-30-14-7-10-18-16(11-14)21(27)15-8-9-17(22)20(19(15)23-18)25-24-12-3-5-13(6-4-12)26(28)29/h3-11H,2,22H2,1H3,(H,23,27). The van der Waals surface area contributed by atoms with Crippen LogP contribution in [0.2, 0.25) is 0 Å². The molecule has 0 spiro atoms. The molecule has 0 saturated carbocycles. The van der Waals surface area contributed by atoms with Gasteiger partial charge >= 0.3 is 0 Å². The van der Waals surface area contributed by atoms with E-state index in [0.29, 0.717) is 51.2 Å². The van der Waals surface area contributed by atoms with Gasteiger partial charge in [0.15, 0.2) is 5.43 Å². The number of nitrogen functional groups attached to an aromatic ring is 1. The van der Waals surface area contributed by atoms with Crippen molar-refractivity contribution in [3.8, 4) is 5.75 Å². The number of aromatic nitrogens is 1. The van der Waals surface area contributed by atoms with Crippen LogP contribution in [0.1, 0.15) is 6.92 Å². The number of non-ortho nitro benzene ring substituents is 1. The van der Waals surface area contributed by atoms with Crippen LogP contribution in [-0.2, 0) is 0 Å². The van der Waals surface area contributed by atoms with E-state index in [9.17, 15) is 14.9 Å². The molecule has 1 aromatic heterocycles. The van der Waals surface area contributed by atoms with Crippen molar-refractivity contribution in [1.82, 2.24) is 4.98 Å². The zero-order chi connectivity index (χ0) is 21.3. The SMILES string of the molecule is CCOc1ccc2[nH]c3c(N=Nc4ccc([N+](=O)[O-])cc4)c(N)ccc3c(=O)c2c1. The van der Waals surface area contributed by atoms with Gasteiger partial charge in [-0.05, 0) is 49.4 Å². The molecule has 1 heterocycles. The highest BCUT2D eigenvalue weighted by atomic mass is 16.6. The van der Waals surface area contributed by atoms with Crippen molar-refractivity contribution >= 4 is 44.6 Å². The van der Waals surface area contributed by atoms with Crippen molar-refractivity contribution in [2.75, 3.05) is 12.3 Å². The molecular formula is C21H17N5O4. The molecule has 3 aromatic carbocycles. The third kappa shape index (κ3) is 3.44. The molecule has 0 bridgehead atoms. The number of aromatic amines is 1. The molecule has 9 heteroatoms. The number of rotatable bonds is 5. The molecule has 30 heavy (non-hydrogen) atoms. The van der Waals surface area contributed by atoms with Gasteiger partial charge in [0.2, 0.25) is 0 Å². The second-order valence-corrected chi connectivity index (χ2v) is 6.49. The van der Waals surface area contributed by atoms with E-state index < -0.39 is 4.92 Å². The number of hydrogen-bond acceptors (Lipinski definition) is 7. The fourth-order valence-corrected chi connectivity index (χ4v) is 3.14. The lowest BCUT2D eigenvalue weighted by molar-refractivity contribution is -0.384. The van der Waals surface area contributed by atoms with Crippen molar-refractivity contribution in [3.05, 3.63) is 74.9 Å². The molecular weight excluding hydrogens is 386 g/mol. The number of H-pyrrole nitrogens is 1. The maximum Gasteiger partial charge on any atom is 0.269 e. The number of nitrogens with one attached hydrogen (secondary N) is 1. The van der Waals surface area contributed by atoms with Crippen LogP contribution < -0.4 is 15.9 Å². The summed E-state index contributed by atoms with van der Waals surface area (Å²) in [6, 6.07) is 14.1. The molecule has 0 unspecified atom stereocenters. The first-order valence-corrected chi connectivity index (χ1v) is 9.15. The summed E-state index contributed by atoms with van der Waals surface area (Å²) in [5.41, 5.74) is 8.03. The smallest absolute Gasteiger partial charge is 0.269 e. The van der Waals surface area contributed by atoms with E-state index in [1.807, 2.05) is 6.92 Å². The summed E-state index contributed by atoms with van der Waals surface area (Å²) in [5.74, 6) is 0.614. The number of hydrogen-bond donors (Lipinski definition) is 2. The molecule has 0 amide bonds. The summed E-state index contributed by atoms with van der Waals surface area (Å²) in [5, 5.41) is 20.0. The van der Waals surface area contributed by atoms with Gasteiger partial charge in [-0.1, -0.05) is 0 Å². The van der Waals surface area contributed by atoms with Crippen LogP contribution >= 0.6 is 0 Å². The van der Waals surface area contributed by atoms with Gasteiger partial charge in [0.25, 0.3) is 5.69 Å². The molecule has 4 aromatic rings. The van der Waals surface area contributed by atoms with Gasteiger partial charge in [-0.25, -0.2) is 0 Å². The first-order chi connectivity index (χ1) is 14.5. The van der Waals surface area contributed by atoms with Crippen molar-refractivity contribution in [2.24, 2.45) is 10.2 Å². The monoisotopic (exact) mass is 403 g/mol. The van der Waals surface area contributed by atoms with E-state index >= 15 is 0 Å². The van der Waals surface area contributed by atoms with Crippen LogP contribution in [-0.4, -0.2) is 16.5 Å². The van der Waals surface area contributed by atoms with Gasteiger partial charge in [0.1, 0.15) is 11.4 Å². The fourth-order valence-electron chi connectivity index (χ4n) is 3.14. The van der Waals surface area contributed by atoms with Crippen molar-refractivity contribution in [2.45, 2.75) is 6.92 Å². The average molecular weight is 403 g/mol. The topological polar surface area (TPSA) is 136 Å². The Balaban J connectivity index is 1.84. The normalized spacial score (nSPS) is 11.4. The molecule has 0 aliphatic carbocycles. The van der Waals surface area contributed by atoms with Crippen LogP contribution in [0, 0.1) is 10.1 Å². The number of fused-ring (bicyclic) bond motifs is 2. The van der Waals surface area contributed by atoms with Gasteiger partial charge in [-0.2, -0.15) is 5.11 Å². The maximum absolute atomic E-state index is 13.0. The number of nitrogens with zero attached hydrogens (tertiary/aromatic N) is 3. The summed E-state index contributed by atoms with van der Waals surface area (Å²) in [6.45, 7) is 2.38. The summed E-state index contributed by atoms with van der Waals surface area (Å²) in [4.78, 5) is 26.5. The van der Waals surface area contributed by atoms with Gasteiger partial charge in [0, 0.05) is 22.9 Å². The van der Waals surface area contributed by atoms with E-state index in [4.69, 9.17) is 10.5 Å². The molecule has 4 rings (SSSR count). The molecule has 0 saturated heterocycles. The second kappa shape index (κ2) is 7.63. The number of nitro groups is 1. The van der Waals surface area contributed by atoms with Crippen LogP contribution in [0.3, 0.4) is 0 Å². The van der Waals surface area contributed by atoms with Crippen molar-refractivity contribution in [3.63, 3.8) is 0 Å². The number of nitro benzene ring substituents is 1. The number of benzene rings is 3. The molecule has 0 radical (unpaired) electrons. The van der Waals surface area contributed by atoms with Gasteiger partial charge in [-0.15, -0.1) is 5.11 Å². The van der Waals surface area contributed by atoms with Crippen LogP contribution in [0.25, 0.3) is 21.8 Å². The molecule has 0 fully saturated rings. The third-order valence-corrected chi connectivity index (χ3v) is 4.59. The minimum absolute atomic E-state index is 0.0409. The largest absolute Gasteiger partial charge is 0.494 e. The Morgan fingerprint density at radius 2 is 1.83 bits per heavy atom. The van der Waals surface area contributed by atoms with Crippen molar-refractivity contribution < 1.29 is 9.66 Å². The molecule has 150 valence electrons. The molecule has 9 nitrogen and oxygen atoms in total. The Bertz CT molecular complexity index is 1360. The van der Waals surface area contributed by atoms with E-state index in [1.165, 1.54) is 24.3 Å². The van der Waals surface area contributed by atoms with Crippen LogP contribution in [0.5, 0.6) is 5.75 Å².